The van der Waals surface area contributed by atoms with Crippen LogP contribution in [0.25, 0.3) is 5.57 Å². The quantitative estimate of drug-likeness (QED) is 0.573. The standard InChI is InChI=1S/C26H24N2O3/c1-4-31-22-10-6-9-21(16-22)28-25(29)23(19-13-11-17(2)12-14-19)24(26(28)30)27-20-8-5-7-18(3)15-20/h5-16,27H,4H2,1-3H3. The number of nitrogens with zero attached hydrogens (tertiary/aromatic N) is 1. The van der Waals surface area contributed by atoms with Gasteiger partial charge in [0.1, 0.15) is 11.4 Å². The zero-order valence-electron chi connectivity index (χ0n) is 17.8. The monoisotopic (exact) mass is 412 g/mol. The Hall–Kier alpha value is -3.86. The minimum absolute atomic E-state index is 0.265. The third-order valence-electron chi connectivity index (χ3n) is 5.10. The van der Waals surface area contributed by atoms with E-state index in [0.717, 1.165) is 16.8 Å². The van der Waals surface area contributed by atoms with Crippen LogP contribution in [0.15, 0.2) is 78.5 Å². The van der Waals surface area contributed by atoms with Crippen molar-refractivity contribution in [2.45, 2.75) is 20.8 Å². The van der Waals surface area contributed by atoms with Crippen LogP contribution in [-0.2, 0) is 9.59 Å². The predicted octanol–water partition coefficient (Wildman–Crippen LogP) is 5.10. The largest absolute Gasteiger partial charge is 0.494 e. The number of imide groups is 1. The molecular formula is C26H24N2O3. The average molecular weight is 412 g/mol. The molecule has 0 spiro atoms. The highest BCUT2D eigenvalue weighted by molar-refractivity contribution is 6.46. The fourth-order valence-corrected chi connectivity index (χ4v) is 3.61. The number of rotatable bonds is 6. The number of hydrogen-bond acceptors (Lipinski definition) is 4. The first-order valence-electron chi connectivity index (χ1n) is 10.2. The second-order valence-corrected chi connectivity index (χ2v) is 7.49. The van der Waals surface area contributed by atoms with E-state index in [1.807, 2.05) is 69.3 Å². The molecule has 0 bridgehead atoms. The van der Waals surface area contributed by atoms with Crippen LogP contribution in [0.3, 0.4) is 0 Å². The van der Waals surface area contributed by atoms with Gasteiger partial charge in [-0.25, -0.2) is 4.90 Å². The number of nitrogens with one attached hydrogen (secondary N) is 1. The molecule has 0 atom stereocenters. The lowest BCUT2D eigenvalue weighted by Gasteiger charge is -2.16. The van der Waals surface area contributed by atoms with Crippen molar-refractivity contribution in [3.63, 3.8) is 0 Å². The summed E-state index contributed by atoms with van der Waals surface area (Å²) in [7, 11) is 0. The summed E-state index contributed by atoms with van der Waals surface area (Å²) < 4.78 is 5.56. The molecule has 1 heterocycles. The Kier molecular flexibility index (Phi) is 5.58. The fraction of sp³-hybridized carbons (Fsp3) is 0.154. The lowest BCUT2D eigenvalue weighted by atomic mass is 10.0. The normalized spacial score (nSPS) is 13.7. The van der Waals surface area contributed by atoms with Crippen LogP contribution in [0, 0.1) is 13.8 Å². The molecule has 0 aromatic heterocycles. The number of benzene rings is 3. The van der Waals surface area contributed by atoms with E-state index in [1.54, 1.807) is 24.3 Å². The van der Waals surface area contributed by atoms with Gasteiger partial charge >= 0.3 is 0 Å². The van der Waals surface area contributed by atoms with Gasteiger partial charge in [0.25, 0.3) is 11.8 Å². The van der Waals surface area contributed by atoms with E-state index in [9.17, 15) is 9.59 Å². The molecule has 0 fully saturated rings. The third kappa shape index (κ3) is 4.08. The van der Waals surface area contributed by atoms with Crippen LogP contribution < -0.4 is 15.0 Å². The number of anilines is 2. The highest BCUT2D eigenvalue weighted by Crippen LogP contribution is 2.35. The van der Waals surface area contributed by atoms with Gasteiger partial charge in [-0.3, -0.25) is 9.59 Å². The number of amides is 2. The topological polar surface area (TPSA) is 58.6 Å². The number of carbonyl (C=O) groups excluding carboxylic acids is 2. The van der Waals surface area contributed by atoms with Gasteiger partial charge in [0.05, 0.1) is 17.9 Å². The first-order valence-corrected chi connectivity index (χ1v) is 10.2. The van der Waals surface area contributed by atoms with Crippen LogP contribution in [0.5, 0.6) is 5.75 Å². The van der Waals surface area contributed by atoms with Gasteiger partial charge in [-0.1, -0.05) is 48.0 Å². The molecule has 0 aliphatic carbocycles. The van der Waals surface area contributed by atoms with E-state index in [0.29, 0.717) is 29.2 Å². The molecule has 0 saturated heterocycles. The maximum atomic E-state index is 13.5. The number of carbonyl (C=O) groups is 2. The molecule has 0 unspecified atom stereocenters. The molecule has 4 rings (SSSR count). The first kappa shape index (κ1) is 20.4. The molecule has 0 radical (unpaired) electrons. The van der Waals surface area contributed by atoms with Crippen molar-refractivity contribution in [1.29, 1.82) is 0 Å². The highest BCUT2D eigenvalue weighted by atomic mass is 16.5. The number of aryl methyl sites for hydroxylation is 2. The second-order valence-electron chi connectivity index (χ2n) is 7.49. The maximum absolute atomic E-state index is 13.5. The van der Waals surface area contributed by atoms with E-state index in [1.165, 1.54) is 4.90 Å². The minimum atomic E-state index is -0.393. The van der Waals surface area contributed by atoms with Crippen molar-refractivity contribution in [3.8, 4) is 5.75 Å². The van der Waals surface area contributed by atoms with E-state index in [2.05, 4.69) is 5.32 Å². The van der Waals surface area contributed by atoms with Gasteiger partial charge < -0.3 is 10.1 Å². The van der Waals surface area contributed by atoms with Crippen molar-refractivity contribution in [2.24, 2.45) is 0 Å². The van der Waals surface area contributed by atoms with E-state index in [4.69, 9.17) is 4.74 Å². The lowest BCUT2D eigenvalue weighted by molar-refractivity contribution is -0.120. The average Bonchev–Trinajstić information content (AvgIpc) is 2.99. The van der Waals surface area contributed by atoms with E-state index >= 15 is 0 Å². The zero-order chi connectivity index (χ0) is 22.0. The first-order chi connectivity index (χ1) is 15.0. The fourth-order valence-electron chi connectivity index (χ4n) is 3.61. The molecule has 1 N–H and O–H groups in total. The number of ether oxygens (including phenoxy) is 1. The summed E-state index contributed by atoms with van der Waals surface area (Å²) >= 11 is 0. The lowest BCUT2D eigenvalue weighted by Crippen LogP contribution is -2.32. The summed E-state index contributed by atoms with van der Waals surface area (Å²) in [6.45, 7) is 6.35. The van der Waals surface area contributed by atoms with Crippen LogP contribution in [-0.4, -0.2) is 18.4 Å². The maximum Gasteiger partial charge on any atom is 0.282 e. The molecule has 5 heteroatoms. The molecule has 3 aromatic carbocycles. The van der Waals surface area contributed by atoms with Crippen molar-refractivity contribution in [1.82, 2.24) is 0 Å². The predicted molar refractivity (Wildman–Crippen MR) is 123 cm³/mol. The summed E-state index contributed by atoms with van der Waals surface area (Å²) in [6, 6.07) is 22.3. The van der Waals surface area contributed by atoms with Crippen LogP contribution in [0.1, 0.15) is 23.6 Å². The van der Waals surface area contributed by atoms with Crippen LogP contribution in [0.4, 0.5) is 11.4 Å². The Morgan fingerprint density at radius 2 is 1.58 bits per heavy atom. The van der Waals surface area contributed by atoms with Gasteiger partial charge in [-0.15, -0.1) is 0 Å². The second kappa shape index (κ2) is 8.48. The van der Waals surface area contributed by atoms with Gasteiger partial charge in [0.2, 0.25) is 0 Å². The Morgan fingerprint density at radius 3 is 2.29 bits per heavy atom. The van der Waals surface area contributed by atoms with E-state index in [-0.39, 0.29) is 11.6 Å². The van der Waals surface area contributed by atoms with Gasteiger partial charge in [0.15, 0.2) is 0 Å². The SMILES string of the molecule is CCOc1cccc(N2C(=O)C(Nc3cccc(C)c3)=C(c3ccc(C)cc3)C2=O)c1. The molecule has 2 amide bonds. The van der Waals surface area contributed by atoms with Crippen molar-refractivity contribution in [3.05, 3.63) is 95.2 Å². The molecule has 5 nitrogen and oxygen atoms in total. The number of hydrogen-bond donors (Lipinski definition) is 1. The molecule has 1 aliphatic rings. The molecule has 31 heavy (non-hydrogen) atoms. The summed E-state index contributed by atoms with van der Waals surface area (Å²) in [5, 5.41) is 3.20. The summed E-state index contributed by atoms with van der Waals surface area (Å²) in [5.74, 6) is -0.147. The van der Waals surface area contributed by atoms with Gasteiger partial charge in [-0.2, -0.15) is 0 Å². The zero-order valence-corrected chi connectivity index (χ0v) is 17.8. The molecule has 3 aromatic rings. The Balaban J connectivity index is 1.80. The van der Waals surface area contributed by atoms with E-state index < -0.39 is 5.91 Å². The molecule has 0 saturated carbocycles. The van der Waals surface area contributed by atoms with Crippen LogP contribution >= 0.6 is 0 Å². The smallest absolute Gasteiger partial charge is 0.282 e. The summed E-state index contributed by atoms with van der Waals surface area (Å²) in [6.07, 6.45) is 0. The summed E-state index contributed by atoms with van der Waals surface area (Å²) in [5.41, 5.74) is 4.69. The minimum Gasteiger partial charge on any atom is -0.494 e. The van der Waals surface area contributed by atoms with Crippen molar-refractivity contribution < 1.29 is 14.3 Å². The third-order valence-corrected chi connectivity index (χ3v) is 5.10. The Labute approximate surface area is 182 Å². The molecule has 156 valence electrons. The summed E-state index contributed by atoms with van der Waals surface area (Å²) in [4.78, 5) is 28.2. The molecule has 1 aliphatic heterocycles. The van der Waals surface area contributed by atoms with Gasteiger partial charge in [0, 0.05) is 11.8 Å². The van der Waals surface area contributed by atoms with Crippen LogP contribution in [0.2, 0.25) is 0 Å². The van der Waals surface area contributed by atoms with Crippen molar-refractivity contribution >= 4 is 28.8 Å². The Morgan fingerprint density at radius 1 is 0.839 bits per heavy atom. The Bertz CT molecular complexity index is 1180. The highest BCUT2D eigenvalue weighted by Gasteiger charge is 2.40. The van der Waals surface area contributed by atoms with Gasteiger partial charge in [-0.05, 0) is 56.2 Å². The van der Waals surface area contributed by atoms with Crippen molar-refractivity contribution in [2.75, 3.05) is 16.8 Å². The molecular weight excluding hydrogens is 388 g/mol.